The predicted octanol–water partition coefficient (Wildman–Crippen LogP) is 8.98. The third-order valence-electron chi connectivity index (χ3n) is 7.32. The third kappa shape index (κ3) is 6.73. The summed E-state index contributed by atoms with van der Waals surface area (Å²) in [6.45, 7) is 8.20. The van der Waals surface area contributed by atoms with Crippen LogP contribution >= 0.6 is 50.9 Å². The van der Waals surface area contributed by atoms with Crippen molar-refractivity contribution < 1.29 is 14.3 Å². The molecule has 1 aromatic heterocycles. The Kier molecular flexibility index (Phi) is 10.1. The molecule has 1 unspecified atom stereocenters. The Morgan fingerprint density at radius 2 is 1.95 bits per heavy atom. The Morgan fingerprint density at radius 3 is 2.68 bits per heavy atom. The van der Waals surface area contributed by atoms with Crippen molar-refractivity contribution in [2.24, 2.45) is 0 Å². The van der Waals surface area contributed by atoms with Crippen LogP contribution in [-0.4, -0.2) is 33.5 Å². The molecule has 8 nitrogen and oxygen atoms in total. The smallest absolute Gasteiger partial charge is 0.255 e. The minimum absolute atomic E-state index is 0.200. The summed E-state index contributed by atoms with van der Waals surface area (Å²) < 4.78 is 14.4. The molecule has 3 aromatic carbocycles. The van der Waals surface area contributed by atoms with Crippen LogP contribution in [0, 0.1) is 13.8 Å². The van der Waals surface area contributed by atoms with Crippen LogP contribution in [-0.2, 0) is 11.4 Å². The maximum absolute atomic E-state index is 14.1. The molecule has 0 saturated carbocycles. The minimum atomic E-state index is -0.607. The van der Waals surface area contributed by atoms with E-state index in [0.29, 0.717) is 48.4 Å². The van der Waals surface area contributed by atoms with Gasteiger partial charge in [0.2, 0.25) is 11.1 Å². The fourth-order valence-corrected chi connectivity index (χ4v) is 6.61. The molecule has 0 aliphatic carbocycles. The molecule has 1 aliphatic heterocycles. The summed E-state index contributed by atoms with van der Waals surface area (Å²) in [5.74, 6) is 2.17. The summed E-state index contributed by atoms with van der Waals surface area (Å²) in [6, 6.07) is 14.3. The van der Waals surface area contributed by atoms with E-state index in [0.717, 1.165) is 40.1 Å². The lowest BCUT2D eigenvalue weighted by molar-refractivity contribution is -0.113. The van der Waals surface area contributed by atoms with Gasteiger partial charge in [-0.3, -0.25) is 4.79 Å². The Balaban J connectivity index is 1.56. The van der Waals surface area contributed by atoms with Crippen LogP contribution in [0.2, 0.25) is 10.0 Å². The summed E-state index contributed by atoms with van der Waals surface area (Å²) in [7, 11) is 1.58. The van der Waals surface area contributed by atoms with Crippen LogP contribution < -0.4 is 20.1 Å². The highest BCUT2D eigenvalue weighted by atomic mass is 79.9. The van der Waals surface area contributed by atoms with Crippen molar-refractivity contribution >= 4 is 68.4 Å². The number of hydrogen-bond donors (Lipinski definition) is 2. The van der Waals surface area contributed by atoms with Gasteiger partial charge in [0.1, 0.15) is 12.6 Å². The molecule has 0 fully saturated rings. The van der Waals surface area contributed by atoms with Gasteiger partial charge in [-0.1, -0.05) is 60.1 Å². The SMILES string of the molecule is CCCSc1nc2n(n1)C(c1cc(Br)c(OCc3ccc(Cl)cc3Cl)c(OC)c1)C(C(=O)Nc1cccc(C)c1C)=C(C)N2. The van der Waals surface area contributed by atoms with Gasteiger partial charge in [0, 0.05) is 32.7 Å². The van der Waals surface area contributed by atoms with Crippen LogP contribution in [0.25, 0.3) is 0 Å². The topological polar surface area (TPSA) is 90.3 Å². The Morgan fingerprint density at radius 1 is 1.16 bits per heavy atom. The molecule has 0 saturated heterocycles. The van der Waals surface area contributed by atoms with E-state index in [-0.39, 0.29) is 12.5 Å². The number of carbonyl (C=O) groups is 1. The quantitative estimate of drug-likeness (QED) is 0.158. The number of anilines is 2. The molecule has 230 valence electrons. The Bertz CT molecular complexity index is 1760. The molecule has 4 aromatic rings. The van der Waals surface area contributed by atoms with Gasteiger partial charge in [-0.2, -0.15) is 4.98 Å². The fraction of sp³-hybridized carbons (Fsp3) is 0.281. The molecule has 1 atom stereocenters. The second kappa shape index (κ2) is 13.9. The first-order valence-electron chi connectivity index (χ1n) is 14.0. The van der Waals surface area contributed by atoms with Crippen molar-refractivity contribution in [3.8, 4) is 11.5 Å². The predicted molar refractivity (Wildman–Crippen MR) is 182 cm³/mol. The average molecular weight is 718 g/mol. The largest absolute Gasteiger partial charge is 0.493 e. The summed E-state index contributed by atoms with van der Waals surface area (Å²) in [5, 5.41) is 13.0. The van der Waals surface area contributed by atoms with Gasteiger partial charge in [-0.05, 0) is 90.1 Å². The molecule has 12 heteroatoms. The van der Waals surface area contributed by atoms with Crippen molar-refractivity contribution in [2.75, 3.05) is 23.5 Å². The lowest BCUT2D eigenvalue weighted by atomic mass is 9.94. The molecule has 1 amide bonds. The summed E-state index contributed by atoms with van der Waals surface area (Å²) in [6.07, 6.45) is 0.985. The molecular formula is C32H32BrCl2N5O3S. The molecule has 44 heavy (non-hydrogen) atoms. The van der Waals surface area contributed by atoms with Gasteiger partial charge in [0.25, 0.3) is 5.91 Å². The number of nitrogens with one attached hydrogen (secondary N) is 2. The molecule has 1 aliphatic rings. The zero-order chi connectivity index (χ0) is 31.5. The lowest BCUT2D eigenvalue weighted by Crippen LogP contribution is -2.31. The number of fused-ring (bicyclic) bond motifs is 1. The number of thioether (sulfide) groups is 1. The second-order valence-corrected chi connectivity index (χ2v) is 13.1. The third-order valence-corrected chi connectivity index (χ3v) is 9.54. The number of allylic oxidation sites excluding steroid dienone is 1. The Labute approximate surface area is 279 Å². The first kappa shape index (κ1) is 32.2. The van der Waals surface area contributed by atoms with Crippen LogP contribution in [0.4, 0.5) is 11.6 Å². The van der Waals surface area contributed by atoms with Crippen molar-refractivity contribution in [2.45, 2.75) is 51.9 Å². The van der Waals surface area contributed by atoms with Gasteiger partial charge in [-0.25, -0.2) is 4.68 Å². The minimum Gasteiger partial charge on any atom is -0.493 e. The second-order valence-electron chi connectivity index (χ2n) is 10.3. The number of halogens is 3. The number of amides is 1. The van der Waals surface area contributed by atoms with Crippen molar-refractivity contribution in [1.82, 2.24) is 14.8 Å². The normalized spacial score (nSPS) is 14.2. The zero-order valence-electron chi connectivity index (χ0n) is 24.9. The van der Waals surface area contributed by atoms with Crippen LogP contribution in [0.1, 0.15) is 48.6 Å². The Hall–Kier alpha value is -3.18. The molecule has 2 N–H and O–H groups in total. The number of carbonyl (C=O) groups excluding carboxylic acids is 1. The molecule has 2 heterocycles. The molecule has 5 rings (SSSR count). The highest BCUT2D eigenvalue weighted by Crippen LogP contribution is 2.44. The van der Waals surface area contributed by atoms with Gasteiger partial charge >= 0.3 is 0 Å². The van der Waals surface area contributed by atoms with E-state index in [9.17, 15) is 4.79 Å². The maximum atomic E-state index is 14.1. The van der Waals surface area contributed by atoms with E-state index >= 15 is 0 Å². The lowest BCUT2D eigenvalue weighted by Gasteiger charge is -2.29. The van der Waals surface area contributed by atoms with E-state index in [2.05, 4.69) is 33.5 Å². The van der Waals surface area contributed by atoms with Gasteiger partial charge in [0.15, 0.2) is 11.5 Å². The zero-order valence-corrected chi connectivity index (χ0v) is 28.8. The first-order chi connectivity index (χ1) is 21.1. The van der Waals surface area contributed by atoms with Crippen LogP contribution in [0.3, 0.4) is 0 Å². The standard InChI is InChI=1S/C32H32BrCl2N5O3S/c1-6-12-44-32-38-31-36-19(4)27(30(41)37-25-9-7-8-17(2)18(25)3)28(40(31)39-32)21-13-23(33)29(26(14-21)42-5)43-16-20-10-11-22(34)15-24(20)35/h7-11,13-15,28H,6,12,16H2,1-5H3,(H,37,41)(H,36,38,39). The number of aryl methyl sites for hydroxylation is 1. The van der Waals surface area contributed by atoms with Crippen molar-refractivity contribution in [1.29, 1.82) is 0 Å². The number of methoxy groups -OCH3 is 1. The first-order valence-corrected chi connectivity index (χ1v) is 16.5. The highest BCUT2D eigenvalue weighted by Gasteiger charge is 2.35. The van der Waals surface area contributed by atoms with Crippen molar-refractivity contribution in [3.05, 3.63) is 96.6 Å². The van der Waals surface area contributed by atoms with Gasteiger partial charge in [-0.15, -0.1) is 5.10 Å². The number of aromatic nitrogens is 3. The summed E-state index contributed by atoms with van der Waals surface area (Å²) in [4.78, 5) is 18.8. The fourth-order valence-electron chi connectivity index (χ4n) is 4.89. The summed E-state index contributed by atoms with van der Waals surface area (Å²) >= 11 is 17.7. The summed E-state index contributed by atoms with van der Waals surface area (Å²) in [5.41, 5.74) is 5.57. The highest BCUT2D eigenvalue weighted by molar-refractivity contribution is 9.10. The number of hydrogen-bond acceptors (Lipinski definition) is 7. The van der Waals surface area contributed by atoms with E-state index in [1.165, 1.54) is 0 Å². The molecule has 0 radical (unpaired) electrons. The monoisotopic (exact) mass is 715 g/mol. The van der Waals surface area contributed by atoms with Gasteiger partial charge < -0.3 is 20.1 Å². The number of benzene rings is 3. The molecule has 0 bridgehead atoms. The van der Waals surface area contributed by atoms with Gasteiger partial charge in [0.05, 0.1) is 17.2 Å². The van der Waals surface area contributed by atoms with Crippen LogP contribution in [0.5, 0.6) is 11.5 Å². The number of rotatable bonds is 10. The van der Waals surface area contributed by atoms with Crippen LogP contribution in [0.15, 0.2) is 69.4 Å². The number of nitrogens with zero attached hydrogens (tertiary/aromatic N) is 3. The average Bonchev–Trinajstić information content (AvgIpc) is 3.39. The van der Waals surface area contributed by atoms with Crippen molar-refractivity contribution in [3.63, 3.8) is 0 Å². The van der Waals surface area contributed by atoms with E-state index in [4.69, 9.17) is 42.8 Å². The number of ether oxygens (including phenoxy) is 2. The van der Waals surface area contributed by atoms with E-state index in [1.807, 2.05) is 57.2 Å². The van der Waals surface area contributed by atoms with E-state index in [1.54, 1.807) is 35.7 Å². The van der Waals surface area contributed by atoms with E-state index < -0.39 is 6.04 Å². The molecule has 0 spiro atoms. The maximum Gasteiger partial charge on any atom is 0.255 e. The molecular weight excluding hydrogens is 685 g/mol.